The molecule has 26 heavy (non-hydrogen) atoms. The SMILES string of the molecule is CC(=O)Oc1ccc(C(=O)Nc2ccc(C(=O)NCC(=O)O)cc2)cc1. The lowest BCUT2D eigenvalue weighted by Crippen LogP contribution is -2.29. The van der Waals surface area contributed by atoms with Gasteiger partial charge in [0.1, 0.15) is 12.3 Å². The van der Waals surface area contributed by atoms with Crippen LogP contribution in [0.1, 0.15) is 27.6 Å². The first-order chi connectivity index (χ1) is 12.3. The van der Waals surface area contributed by atoms with Crippen molar-refractivity contribution in [2.75, 3.05) is 11.9 Å². The molecule has 0 radical (unpaired) electrons. The number of carboxylic acid groups (broad SMARTS) is 1. The molecular formula is C18H16N2O6. The van der Waals surface area contributed by atoms with E-state index in [0.29, 0.717) is 17.0 Å². The Labute approximate surface area is 148 Å². The minimum atomic E-state index is -1.14. The highest BCUT2D eigenvalue weighted by atomic mass is 16.5. The third-order valence-electron chi connectivity index (χ3n) is 3.18. The highest BCUT2D eigenvalue weighted by Gasteiger charge is 2.09. The van der Waals surface area contributed by atoms with Gasteiger partial charge in [-0.1, -0.05) is 0 Å². The van der Waals surface area contributed by atoms with Crippen LogP contribution < -0.4 is 15.4 Å². The quantitative estimate of drug-likeness (QED) is 0.535. The summed E-state index contributed by atoms with van der Waals surface area (Å²) in [6, 6.07) is 12.0. The molecule has 0 saturated heterocycles. The molecule has 134 valence electrons. The number of carbonyl (C=O) groups excluding carboxylic acids is 3. The summed E-state index contributed by atoms with van der Waals surface area (Å²) in [4.78, 5) is 45.2. The maximum Gasteiger partial charge on any atom is 0.322 e. The van der Waals surface area contributed by atoms with Crippen LogP contribution in [0.3, 0.4) is 0 Å². The average Bonchev–Trinajstić information content (AvgIpc) is 2.60. The fourth-order valence-corrected chi connectivity index (χ4v) is 2.01. The number of amides is 2. The van der Waals surface area contributed by atoms with Crippen molar-refractivity contribution < 1.29 is 29.0 Å². The van der Waals surface area contributed by atoms with Crippen LogP contribution >= 0.6 is 0 Å². The van der Waals surface area contributed by atoms with Gasteiger partial charge >= 0.3 is 11.9 Å². The average molecular weight is 356 g/mol. The summed E-state index contributed by atoms with van der Waals surface area (Å²) in [6.45, 7) is 0.812. The largest absolute Gasteiger partial charge is 0.480 e. The monoisotopic (exact) mass is 356 g/mol. The van der Waals surface area contributed by atoms with E-state index < -0.39 is 24.4 Å². The van der Waals surface area contributed by atoms with Crippen molar-refractivity contribution in [3.63, 3.8) is 0 Å². The van der Waals surface area contributed by atoms with E-state index in [2.05, 4.69) is 10.6 Å². The first-order valence-corrected chi connectivity index (χ1v) is 7.55. The molecule has 0 aliphatic heterocycles. The van der Waals surface area contributed by atoms with Crippen LogP contribution in [0.4, 0.5) is 5.69 Å². The molecule has 0 atom stereocenters. The number of nitrogens with one attached hydrogen (secondary N) is 2. The van der Waals surface area contributed by atoms with Crippen LogP contribution in [0.25, 0.3) is 0 Å². The number of anilines is 1. The Kier molecular flexibility index (Phi) is 6.05. The van der Waals surface area contributed by atoms with Crippen LogP contribution in [0.5, 0.6) is 5.75 Å². The Morgan fingerprint density at radius 1 is 0.885 bits per heavy atom. The molecule has 2 amide bonds. The Hall–Kier alpha value is -3.68. The molecular weight excluding hydrogens is 340 g/mol. The third-order valence-corrected chi connectivity index (χ3v) is 3.18. The van der Waals surface area contributed by atoms with E-state index in [1.165, 1.54) is 55.5 Å². The van der Waals surface area contributed by atoms with Gasteiger partial charge in [0, 0.05) is 23.7 Å². The van der Waals surface area contributed by atoms with Crippen molar-refractivity contribution in [1.29, 1.82) is 0 Å². The fourth-order valence-electron chi connectivity index (χ4n) is 2.01. The minimum Gasteiger partial charge on any atom is -0.480 e. The molecule has 0 spiro atoms. The molecule has 0 aliphatic carbocycles. The van der Waals surface area contributed by atoms with Gasteiger partial charge in [0.05, 0.1) is 0 Å². The summed E-state index contributed by atoms with van der Waals surface area (Å²) >= 11 is 0. The summed E-state index contributed by atoms with van der Waals surface area (Å²) in [5.74, 6) is -2.14. The van der Waals surface area contributed by atoms with E-state index in [1.54, 1.807) is 0 Å². The van der Waals surface area contributed by atoms with Gasteiger partial charge in [-0.05, 0) is 48.5 Å². The number of esters is 1. The molecule has 0 bridgehead atoms. The van der Waals surface area contributed by atoms with Gasteiger partial charge in [-0.3, -0.25) is 19.2 Å². The number of carboxylic acids is 1. The lowest BCUT2D eigenvalue weighted by Gasteiger charge is -2.07. The van der Waals surface area contributed by atoms with Gasteiger partial charge in [-0.25, -0.2) is 0 Å². The lowest BCUT2D eigenvalue weighted by atomic mass is 10.1. The lowest BCUT2D eigenvalue weighted by molar-refractivity contribution is -0.136. The summed E-state index contributed by atoms with van der Waals surface area (Å²) in [7, 11) is 0. The van der Waals surface area contributed by atoms with Crippen molar-refractivity contribution in [3.8, 4) is 5.75 Å². The molecule has 2 rings (SSSR count). The second-order valence-corrected chi connectivity index (χ2v) is 5.23. The Balaban J connectivity index is 1.97. The normalized spacial score (nSPS) is 9.88. The van der Waals surface area contributed by atoms with E-state index in [1.807, 2.05) is 0 Å². The number of rotatable bonds is 6. The number of carbonyl (C=O) groups is 4. The molecule has 2 aromatic rings. The maximum absolute atomic E-state index is 12.2. The number of hydrogen-bond acceptors (Lipinski definition) is 5. The van der Waals surface area contributed by atoms with E-state index in [-0.39, 0.29) is 11.5 Å². The summed E-state index contributed by atoms with van der Waals surface area (Å²) in [5.41, 5.74) is 1.10. The standard InChI is InChI=1S/C18H16N2O6/c1-11(21)26-15-8-4-13(5-9-15)18(25)20-14-6-2-12(3-7-14)17(24)19-10-16(22)23/h2-9H,10H2,1H3,(H,19,24)(H,20,25)(H,22,23). The van der Waals surface area contributed by atoms with Gasteiger partial charge in [-0.2, -0.15) is 0 Å². The van der Waals surface area contributed by atoms with Crippen molar-refractivity contribution >= 4 is 29.4 Å². The molecule has 0 unspecified atom stereocenters. The zero-order chi connectivity index (χ0) is 19.1. The Morgan fingerprint density at radius 2 is 1.42 bits per heavy atom. The number of ether oxygens (including phenoxy) is 1. The van der Waals surface area contributed by atoms with Gasteiger partial charge in [-0.15, -0.1) is 0 Å². The molecule has 8 heteroatoms. The van der Waals surface area contributed by atoms with E-state index in [9.17, 15) is 19.2 Å². The van der Waals surface area contributed by atoms with Crippen molar-refractivity contribution in [2.45, 2.75) is 6.92 Å². The second kappa shape index (κ2) is 8.43. The van der Waals surface area contributed by atoms with Crippen LogP contribution in [0.15, 0.2) is 48.5 Å². The first-order valence-electron chi connectivity index (χ1n) is 7.55. The smallest absolute Gasteiger partial charge is 0.322 e. The minimum absolute atomic E-state index is 0.273. The summed E-state index contributed by atoms with van der Waals surface area (Å²) < 4.78 is 4.89. The van der Waals surface area contributed by atoms with Gasteiger partial charge in [0.2, 0.25) is 0 Å². The number of benzene rings is 2. The fraction of sp³-hybridized carbons (Fsp3) is 0.111. The molecule has 2 aromatic carbocycles. The van der Waals surface area contributed by atoms with Crippen LogP contribution in [0, 0.1) is 0 Å². The summed E-state index contributed by atoms with van der Waals surface area (Å²) in [5, 5.41) is 13.4. The highest BCUT2D eigenvalue weighted by Crippen LogP contribution is 2.15. The van der Waals surface area contributed by atoms with Crippen LogP contribution in [-0.2, 0) is 9.59 Å². The van der Waals surface area contributed by atoms with Gasteiger partial charge < -0.3 is 20.5 Å². The molecule has 3 N–H and O–H groups in total. The number of hydrogen-bond donors (Lipinski definition) is 3. The van der Waals surface area contributed by atoms with Crippen LogP contribution in [-0.4, -0.2) is 35.4 Å². The van der Waals surface area contributed by atoms with E-state index in [4.69, 9.17) is 9.84 Å². The van der Waals surface area contributed by atoms with Crippen molar-refractivity contribution in [2.24, 2.45) is 0 Å². The van der Waals surface area contributed by atoms with E-state index in [0.717, 1.165) is 0 Å². The topological polar surface area (TPSA) is 122 Å². The second-order valence-electron chi connectivity index (χ2n) is 5.23. The Bertz CT molecular complexity index is 828. The maximum atomic E-state index is 12.2. The predicted molar refractivity (Wildman–Crippen MR) is 92.1 cm³/mol. The molecule has 0 aromatic heterocycles. The third kappa shape index (κ3) is 5.45. The number of aliphatic carboxylic acids is 1. The molecule has 0 aliphatic rings. The molecule has 0 heterocycles. The first kappa shape index (κ1) is 18.7. The molecule has 0 saturated carbocycles. The molecule has 0 fully saturated rings. The Morgan fingerprint density at radius 3 is 1.96 bits per heavy atom. The van der Waals surface area contributed by atoms with Gasteiger partial charge in [0.25, 0.3) is 11.8 Å². The van der Waals surface area contributed by atoms with Crippen LogP contribution in [0.2, 0.25) is 0 Å². The zero-order valence-corrected chi connectivity index (χ0v) is 13.8. The highest BCUT2D eigenvalue weighted by molar-refractivity contribution is 6.04. The molecule has 8 nitrogen and oxygen atoms in total. The predicted octanol–water partition coefficient (Wildman–Crippen LogP) is 1.68. The zero-order valence-electron chi connectivity index (χ0n) is 13.8. The van der Waals surface area contributed by atoms with Gasteiger partial charge in [0.15, 0.2) is 0 Å². The van der Waals surface area contributed by atoms with E-state index >= 15 is 0 Å². The van der Waals surface area contributed by atoms with Crippen molar-refractivity contribution in [3.05, 3.63) is 59.7 Å². The summed E-state index contributed by atoms with van der Waals surface area (Å²) in [6.07, 6.45) is 0. The van der Waals surface area contributed by atoms with Crippen molar-refractivity contribution in [1.82, 2.24) is 5.32 Å².